The lowest BCUT2D eigenvalue weighted by molar-refractivity contribution is 0.209. The number of amides is 2. The average molecular weight is 275 g/mol. The van der Waals surface area contributed by atoms with E-state index in [1.807, 2.05) is 21.9 Å². The fraction of sp³-hybridized carbons (Fsp3) is 0.562. The number of nitrogens with two attached hydrogens (primary N) is 1. The Bertz CT molecular complexity index is 455. The zero-order valence-electron chi connectivity index (χ0n) is 12.7. The maximum atomic E-state index is 12.3. The minimum Gasteiger partial charge on any atom is -0.330 e. The number of hydrogen-bond donors (Lipinski definition) is 1. The molecule has 110 valence electrons. The molecule has 1 saturated heterocycles. The van der Waals surface area contributed by atoms with Crippen LogP contribution in [0.15, 0.2) is 24.3 Å². The van der Waals surface area contributed by atoms with Gasteiger partial charge in [0, 0.05) is 24.8 Å². The van der Waals surface area contributed by atoms with Crippen LogP contribution in [0.5, 0.6) is 0 Å². The molecule has 0 aliphatic carbocycles. The number of hydrogen-bond acceptors (Lipinski definition) is 2. The van der Waals surface area contributed by atoms with E-state index in [9.17, 15) is 4.79 Å². The normalized spacial score (nSPS) is 17.1. The van der Waals surface area contributed by atoms with Crippen molar-refractivity contribution in [3.63, 3.8) is 0 Å². The van der Waals surface area contributed by atoms with Gasteiger partial charge in [0.15, 0.2) is 0 Å². The Labute approximate surface area is 121 Å². The molecule has 1 aliphatic rings. The van der Waals surface area contributed by atoms with Crippen LogP contribution in [0.3, 0.4) is 0 Å². The van der Waals surface area contributed by atoms with Crippen molar-refractivity contribution in [2.75, 3.05) is 24.5 Å². The van der Waals surface area contributed by atoms with Crippen molar-refractivity contribution in [3.8, 4) is 0 Å². The van der Waals surface area contributed by atoms with Gasteiger partial charge in [-0.1, -0.05) is 19.1 Å². The predicted octanol–water partition coefficient (Wildman–Crippen LogP) is 2.79. The summed E-state index contributed by atoms with van der Waals surface area (Å²) in [5.74, 6) is 0.468. The molecule has 1 fully saturated rings. The molecule has 0 bridgehead atoms. The van der Waals surface area contributed by atoms with E-state index < -0.39 is 0 Å². The molecule has 2 N–H and O–H groups in total. The number of rotatable bonds is 5. The summed E-state index contributed by atoms with van der Waals surface area (Å²) in [7, 11) is 0. The van der Waals surface area contributed by atoms with Gasteiger partial charge in [0.1, 0.15) is 0 Å². The van der Waals surface area contributed by atoms with Crippen LogP contribution in [0.25, 0.3) is 0 Å². The summed E-state index contributed by atoms with van der Waals surface area (Å²) < 4.78 is 0. The number of benzene rings is 1. The van der Waals surface area contributed by atoms with Crippen LogP contribution in [-0.2, 0) is 0 Å². The maximum Gasteiger partial charge on any atom is 0.324 e. The quantitative estimate of drug-likeness (QED) is 0.898. The lowest BCUT2D eigenvalue weighted by Gasteiger charge is -2.22. The fourth-order valence-electron chi connectivity index (χ4n) is 2.67. The monoisotopic (exact) mass is 275 g/mol. The van der Waals surface area contributed by atoms with Gasteiger partial charge in [0.2, 0.25) is 0 Å². The van der Waals surface area contributed by atoms with Crippen LogP contribution in [0.4, 0.5) is 10.5 Å². The van der Waals surface area contributed by atoms with Gasteiger partial charge in [-0.3, -0.25) is 4.90 Å². The first-order chi connectivity index (χ1) is 9.54. The largest absolute Gasteiger partial charge is 0.330 e. The second-order valence-corrected chi connectivity index (χ2v) is 5.79. The van der Waals surface area contributed by atoms with Gasteiger partial charge in [-0.2, -0.15) is 0 Å². The summed E-state index contributed by atoms with van der Waals surface area (Å²) in [5.41, 5.74) is 7.87. The summed E-state index contributed by atoms with van der Waals surface area (Å²) in [4.78, 5) is 16.1. The van der Waals surface area contributed by atoms with E-state index in [4.69, 9.17) is 5.73 Å². The van der Waals surface area contributed by atoms with Gasteiger partial charge in [-0.05, 0) is 50.4 Å². The van der Waals surface area contributed by atoms with Crippen LogP contribution >= 0.6 is 0 Å². The van der Waals surface area contributed by atoms with E-state index in [0.717, 1.165) is 25.2 Å². The summed E-state index contributed by atoms with van der Waals surface area (Å²) in [6.45, 7) is 8.58. The molecule has 1 aliphatic heterocycles. The zero-order chi connectivity index (χ0) is 14.7. The van der Waals surface area contributed by atoms with Crippen molar-refractivity contribution in [2.45, 2.75) is 39.2 Å². The molecule has 1 unspecified atom stereocenters. The number of carbonyl (C=O) groups is 1. The first-order valence-electron chi connectivity index (χ1n) is 7.42. The third kappa shape index (κ3) is 2.96. The molecule has 0 aromatic heterocycles. The van der Waals surface area contributed by atoms with Crippen molar-refractivity contribution < 1.29 is 4.79 Å². The van der Waals surface area contributed by atoms with Crippen molar-refractivity contribution in [1.29, 1.82) is 0 Å². The molecule has 20 heavy (non-hydrogen) atoms. The Kier molecular flexibility index (Phi) is 4.65. The van der Waals surface area contributed by atoms with E-state index in [2.05, 4.69) is 32.9 Å². The molecular weight excluding hydrogens is 250 g/mol. The van der Waals surface area contributed by atoms with Gasteiger partial charge < -0.3 is 10.6 Å². The first kappa shape index (κ1) is 14.9. The lowest BCUT2D eigenvalue weighted by Crippen LogP contribution is -2.36. The highest BCUT2D eigenvalue weighted by atomic mass is 16.2. The topological polar surface area (TPSA) is 49.6 Å². The Morgan fingerprint density at radius 1 is 1.15 bits per heavy atom. The highest BCUT2D eigenvalue weighted by Crippen LogP contribution is 2.25. The Hall–Kier alpha value is -1.55. The fourth-order valence-corrected chi connectivity index (χ4v) is 2.67. The Balaban J connectivity index is 2.09. The smallest absolute Gasteiger partial charge is 0.324 e. The molecule has 2 rings (SSSR count). The number of carbonyl (C=O) groups excluding carboxylic acids is 1. The van der Waals surface area contributed by atoms with Crippen molar-refractivity contribution in [1.82, 2.24) is 4.90 Å². The van der Waals surface area contributed by atoms with Crippen molar-refractivity contribution in [2.24, 2.45) is 5.73 Å². The predicted molar refractivity (Wildman–Crippen MR) is 83.1 cm³/mol. The molecule has 2 amide bonds. The summed E-state index contributed by atoms with van der Waals surface area (Å²) in [6, 6.07) is 8.69. The summed E-state index contributed by atoms with van der Waals surface area (Å²) in [6.07, 6.45) is 0.989. The van der Waals surface area contributed by atoms with E-state index in [0.29, 0.717) is 12.5 Å². The molecule has 0 saturated carbocycles. The molecule has 4 nitrogen and oxygen atoms in total. The summed E-state index contributed by atoms with van der Waals surface area (Å²) in [5, 5.41) is 0. The van der Waals surface area contributed by atoms with Crippen molar-refractivity contribution >= 4 is 11.7 Å². The van der Waals surface area contributed by atoms with Crippen LogP contribution in [-0.4, -0.2) is 36.6 Å². The third-order valence-corrected chi connectivity index (χ3v) is 4.04. The third-order valence-electron chi connectivity index (χ3n) is 4.04. The van der Waals surface area contributed by atoms with Crippen LogP contribution < -0.4 is 10.6 Å². The molecule has 1 atom stereocenters. The Morgan fingerprint density at radius 2 is 1.80 bits per heavy atom. The molecular formula is C16H25N3O. The highest BCUT2D eigenvalue weighted by molar-refractivity contribution is 5.94. The van der Waals surface area contributed by atoms with Crippen LogP contribution in [0.1, 0.15) is 38.7 Å². The zero-order valence-corrected chi connectivity index (χ0v) is 12.7. The lowest BCUT2D eigenvalue weighted by atomic mass is 9.98. The van der Waals surface area contributed by atoms with Crippen LogP contribution in [0.2, 0.25) is 0 Å². The maximum absolute atomic E-state index is 12.3. The SMILES string of the molecule is CC(CCN)c1ccc(N2CCN(C(C)C)C2=O)cc1. The first-order valence-corrected chi connectivity index (χ1v) is 7.42. The van der Waals surface area contributed by atoms with E-state index >= 15 is 0 Å². The number of urea groups is 1. The molecule has 0 spiro atoms. The standard InChI is InChI=1S/C16H25N3O/c1-12(2)18-10-11-19(16(18)20)15-6-4-14(5-7-15)13(3)8-9-17/h4-7,12-13H,8-11,17H2,1-3H3. The second kappa shape index (κ2) is 6.27. The minimum atomic E-state index is 0.114. The molecule has 4 heteroatoms. The average Bonchev–Trinajstić information content (AvgIpc) is 2.81. The van der Waals surface area contributed by atoms with Crippen molar-refractivity contribution in [3.05, 3.63) is 29.8 Å². The minimum absolute atomic E-state index is 0.114. The van der Waals surface area contributed by atoms with Gasteiger partial charge in [0.05, 0.1) is 0 Å². The van der Waals surface area contributed by atoms with E-state index in [1.54, 1.807) is 0 Å². The van der Waals surface area contributed by atoms with E-state index in [-0.39, 0.29) is 12.1 Å². The molecule has 1 aromatic rings. The molecule has 1 heterocycles. The van der Waals surface area contributed by atoms with Crippen LogP contribution in [0, 0.1) is 0 Å². The molecule has 1 aromatic carbocycles. The summed E-state index contributed by atoms with van der Waals surface area (Å²) >= 11 is 0. The van der Waals surface area contributed by atoms with Gasteiger partial charge in [0.25, 0.3) is 0 Å². The molecule has 0 radical (unpaired) electrons. The van der Waals surface area contributed by atoms with Gasteiger partial charge in [-0.15, -0.1) is 0 Å². The second-order valence-electron chi connectivity index (χ2n) is 5.79. The van der Waals surface area contributed by atoms with E-state index in [1.165, 1.54) is 5.56 Å². The van der Waals surface area contributed by atoms with Gasteiger partial charge >= 0.3 is 6.03 Å². The highest BCUT2D eigenvalue weighted by Gasteiger charge is 2.30. The van der Waals surface area contributed by atoms with Gasteiger partial charge in [-0.25, -0.2) is 4.79 Å². The Morgan fingerprint density at radius 3 is 2.30 bits per heavy atom. The number of anilines is 1. The number of nitrogens with zero attached hydrogens (tertiary/aromatic N) is 2.